The summed E-state index contributed by atoms with van der Waals surface area (Å²) in [6.45, 7) is 1.86. The van der Waals surface area contributed by atoms with Crippen molar-refractivity contribution in [1.29, 1.82) is 0 Å². The molecule has 0 aromatic heterocycles. The molecule has 1 fully saturated rings. The highest BCUT2D eigenvalue weighted by Gasteiger charge is 2.46. The van der Waals surface area contributed by atoms with Gasteiger partial charge in [-0.25, -0.2) is 0 Å². The van der Waals surface area contributed by atoms with Crippen molar-refractivity contribution in [2.24, 2.45) is 5.16 Å². The number of hydrogen-bond donors (Lipinski definition) is 0. The molecule has 0 radical (unpaired) electrons. The molecule has 0 aliphatic carbocycles. The Bertz CT molecular complexity index is 1010. The van der Waals surface area contributed by atoms with Crippen LogP contribution < -0.4 is 0 Å². The summed E-state index contributed by atoms with van der Waals surface area (Å²) in [4.78, 5) is 5.53. The van der Waals surface area contributed by atoms with Crippen molar-refractivity contribution in [3.8, 4) is 11.8 Å². The van der Waals surface area contributed by atoms with Crippen molar-refractivity contribution in [2.75, 3.05) is 21.3 Å². The number of oxime groups is 1. The van der Waals surface area contributed by atoms with Gasteiger partial charge >= 0.3 is 6.18 Å². The summed E-state index contributed by atoms with van der Waals surface area (Å²) in [6, 6.07) is 11.9. The average Bonchev–Trinajstić information content (AvgIpc) is 2.82. The highest BCUT2D eigenvalue weighted by molar-refractivity contribution is 5.79. The van der Waals surface area contributed by atoms with Crippen molar-refractivity contribution < 1.29 is 37.0 Å². The molecule has 3 rings (SSSR count). The van der Waals surface area contributed by atoms with Crippen molar-refractivity contribution in [2.45, 2.75) is 43.8 Å². The van der Waals surface area contributed by atoms with Crippen LogP contribution in [-0.2, 0) is 30.0 Å². The molecule has 0 spiro atoms. The molecular formula is C25H26F3NO5. The lowest BCUT2D eigenvalue weighted by molar-refractivity contribution is -0.305. The first kappa shape index (κ1) is 25.7. The second kappa shape index (κ2) is 11.5. The van der Waals surface area contributed by atoms with Crippen LogP contribution in [0.3, 0.4) is 0 Å². The molecule has 9 heteroatoms. The third kappa shape index (κ3) is 6.36. The molecule has 6 nitrogen and oxygen atoms in total. The third-order valence-corrected chi connectivity index (χ3v) is 5.38. The number of nitrogens with zero attached hydrogens (tertiary/aromatic N) is 1. The van der Waals surface area contributed by atoms with Gasteiger partial charge in [-0.05, 0) is 48.9 Å². The lowest BCUT2D eigenvalue weighted by atomic mass is 9.99. The van der Waals surface area contributed by atoms with Crippen LogP contribution in [0.2, 0.25) is 0 Å². The van der Waals surface area contributed by atoms with E-state index in [4.69, 9.17) is 23.8 Å². The Morgan fingerprint density at radius 2 is 1.35 bits per heavy atom. The lowest BCUT2D eigenvalue weighted by Gasteiger charge is -2.42. The highest BCUT2D eigenvalue weighted by atomic mass is 19.4. The van der Waals surface area contributed by atoms with Gasteiger partial charge in [0, 0.05) is 32.5 Å². The molecule has 1 aliphatic rings. The molecule has 1 aliphatic heterocycles. The number of hydrogen-bond acceptors (Lipinski definition) is 6. The molecule has 0 bridgehead atoms. The van der Waals surface area contributed by atoms with Crippen LogP contribution >= 0.6 is 0 Å². The Labute approximate surface area is 196 Å². The maximum atomic E-state index is 12.6. The quantitative estimate of drug-likeness (QED) is 0.354. The molecule has 5 atom stereocenters. The number of benzene rings is 2. The van der Waals surface area contributed by atoms with Crippen LogP contribution in [0.4, 0.5) is 13.2 Å². The van der Waals surface area contributed by atoms with Gasteiger partial charge in [0.15, 0.2) is 6.10 Å². The predicted molar refractivity (Wildman–Crippen MR) is 119 cm³/mol. The van der Waals surface area contributed by atoms with Gasteiger partial charge in [-0.15, -0.1) is 0 Å². The highest BCUT2D eigenvalue weighted by Crippen LogP contribution is 2.29. The van der Waals surface area contributed by atoms with Crippen LogP contribution in [-0.4, -0.2) is 58.2 Å². The third-order valence-electron chi connectivity index (χ3n) is 5.38. The zero-order valence-corrected chi connectivity index (χ0v) is 19.2. The largest absolute Gasteiger partial charge is 0.416 e. The fourth-order valence-electron chi connectivity index (χ4n) is 3.59. The molecule has 0 amide bonds. The van der Waals surface area contributed by atoms with E-state index in [1.807, 2.05) is 6.92 Å². The van der Waals surface area contributed by atoms with Crippen molar-refractivity contribution in [1.82, 2.24) is 0 Å². The van der Waals surface area contributed by atoms with E-state index in [1.54, 1.807) is 38.5 Å². The Morgan fingerprint density at radius 3 is 1.85 bits per heavy atom. The van der Waals surface area contributed by atoms with Crippen molar-refractivity contribution >= 4 is 6.21 Å². The van der Waals surface area contributed by atoms with Crippen LogP contribution in [0.25, 0.3) is 0 Å². The maximum Gasteiger partial charge on any atom is 0.416 e. The Morgan fingerprint density at radius 1 is 0.824 bits per heavy atom. The van der Waals surface area contributed by atoms with Gasteiger partial charge in [0.1, 0.15) is 12.2 Å². The molecule has 1 heterocycles. The van der Waals surface area contributed by atoms with Crippen LogP contribution in [0.15, 0.2) is 53.7 Å². The van der Waals surface area contributed by atoms with E-state index in [1.165, 1.54) is 25.5 Å². The smallest absolute Gasteiger partial charge is 0.376 e. The van der Waals surface area contributed by atoms with E-state index in [0.717, 1.165) is 17.7 Å². The van der Waals surface area contributed by atoms with E-state index in [0.29, 0.717) is 11.1 Å². The van der Waals surface area contributed by atoms with E-state index in [-0.39, 0.29) is 18.3 Å². The zero-order valence-electron chi connectivity index (χ0n) is 19.2. The molecular weight excluding hydrogens is 451 g/mol. The van der Waals surface area contributed by atoms with E-state index in [2.05, 4.69) is 17.0 Å². The summed E-state index contributed by atoms with van der Waals surface area (Å²) in [5, 5.41) is 4.01. The first-order chi connectivity index (χ1) is 16.3. The van der Waals surface area contributed by atoms with Gasteiger partial charge in [0.05, 0.1) is 17.9 Å². The molecule has 34 heavy (non-hydrogen) atoms. The van der Waals surface area contributed by atoms with Crippen molar-refractivity contribution in [3.63, 3.8) is 0 Å². The van der Waals surface area contributed by atoms with Gasteiger partial charge < -0.3 is 23.8 Å². The van der Waals surface area contributed by atoms with E-state index >= 15 is 0 Å². The minimum atomic E-state index is -4.36. The van der Waals surface area contributed by atoms with Crippen LogP contribution in [0.5, 0.6) is 0 Å². The maximum absolute atomic E-state index is 12.6. The molecule has 0 saturated carbocycles. The summed E-state index contributed by atoms with van der Waals surface area (Å²) in [6.07, 6.45) is -5.14. The number of methoxy groups -OCH3 is 3. The van der Waals surface area contributed by atoms with E-state index < -0.39 is 24.1 Å². The molecule has 1 unspecified atom stereocenters. The van der Waals surface area contributed by atoms with Gasteiger partial charge in [-0.1, -0.05) is 29.1 Å². The summed E-state index contributed by atoms with van der Waals surface area (Å²) in [7, 11) is 4.69. The second-order valence-electron chi connectivity index (χ2n) is 7.60. The fraction of sp³-hybridized carbons (Fsp3) is 0.400. The first-order valence-corrected chi connectivity index (χ1v) is 10.5. The number of alkyl halides is 3. The number of ether oxygens (including phenoxy) is 4. The summed E-state index contributed by atoms with van der Waals surface area (Å²) in [5.74, 6) is 5.77. The van der Waals surface area contributed by atoms with Gasteiger partial charge in [0.25, 0.3) is 6.29 Å². The summed E-state index contributed by atoms with van der Waals surface area (Å²) < 4.78 is 60.2. The average molecular weight is 477 g/mol. The van der Waals surface area contributed by atoms with Crippen LogP contribution in [0, 0.1) is 11.8 Å². The molecule has 1 saturated heterocycles. The second-order valence-corrected chi connectivity index (χ2v) is 7.60. The lowest BCUT2D eigenvalue weighted by Crippen LogP contribution is -2.59. The summed E-state index contributed by atoms with van der Waals surface area (Å²) >= 11 is 0. The number of halogens is 3. The fourth-order valence-corrected chi connectivity index (χ4v) is 3.59. The monoisotopic (exact) mass is 477 g/mol. The van der Waals surface area contributed by atoms with Gasteiger partial charge in [-0.2, -0.15) is 13.2 Å². The first-order valence-electron chi connectivity index (χ1n) is 10.5. The number of rotatable bonds is 6. The molecule has 2 aromatic carbocycles. The van der Waals surface area contributed by atoms with Gasteiger partial charge in [0.2, 0.25) is 0 Å². The van der Waals surface area contributed by atoms with Crippen LogP contribution in [0.1, 0.15) is 29.2 Å². The Kier molecular flexibility index (Phi) is 8.69. The summed E-state index contributed by atoms with van der Waals surface area (Å²) in [5.41, 5.74) is 1.25. The normalized spacial score (nSPS) is 25.1. The topological polar surface area (TPSA) is 58.5 Å². The molecule has 0 N–H and O–H groups in total. The Hall–Kier alpha value is -2.90. The van der Waals surface area contributed by atoms with E-state index in [9.17, 15) is 13.2 Å². The minimum absolute atomic E-state index is 0.288. The predicted octanol–water partition coefficient (Wildman–Crippen LogP) is 4.25. The van der Waals surface area contributed by atoms with Crippen molar-refractivity contribution in [3.05, 3.63) is 70.8 Å². The SMILES string of the molecule is CO[C@@H]1[C@@H](OC)[C@@H](OC)C(ON=Cc2ccc(C#Cc3ccc(C(F)(F)F)cc3)cc2)O[C@H]1C. The minimum Gasteiger partial charge on any atom is -0.376 e. The zero-order chi connectivity index (χ0) is 24.7. The molecule has 2 aromatic rings. The molecule has 182 valence electrons. The Balaban J connectivity index is 1.60. The standard InChI is InChI=1S/C25H26F3NO5/c1-16-21(30-2)22(31-3)23(32-4)24(33-16)34-29-15-19-9-7-17(8-10-19)5-6-18-11-13-20(14-12-18)25(26,27)28/h7-16,21-24H,1-4H3/t16-,21-,22+,23+,24?/m0/s1. The van der Waals surface area contributed by atoms with Gasteiger partial charge in [-0.3, -0.25) is 0 Å².